The quantitative estimate of drug-likeness (QED) is 0.851. The van der Waals surface area contributed by atoms with Gasteiger partial charge in [0.15, 0.2) is 0 Å². The lowest BCUT2D eigenvalue weighted by atomic mass is 10.1. The van der Waals surface area contributed by atoms with Gasteiger partial charge in [-0.2, -0.15) is 0 Å². The van der Waals surface area contributed by atoms with Crippen LogP contribution in [0.25, 0.3) is 10.9 Å². The lowest BCUT2D eigenvalue weighted by Gasteiger charge is -2.16. The van der Waals surface area contributed by atoms with Gasteiger partial charge in [0.05, 0.1) is 18.2 Å². The van der Waals surface area contributed by atoms with Crippen molar-refractivity contribution >= 4 is 10.9 Å². The number of aliphatic hydroxyl groups excluding tert-OH is 1. The highest BCUT2D eigenvalue weighted by Gasteiger charge is 2.10. The number of hydrogen-bond donors (Lipinski definition) is 1. The second-order valence-corrected chi connectivity index (χ2v) is 5.33. The van der Waals surface area contributed by atoms with Gasteiger partial charge in [-0.05, 0) is 32.4 Å². The van der Waals surface area contributed by atoms with Crippen molar-refractivity contribution in [1.82, 2.24) is 4.98 Å². The van der Waals surface area contributed by atoms with E-state index in [1.807, 2.05) is 44.2 Å². The Bertz CT molecular complexity index is 583. The van der Waals surface area contributed by atoms with E-state index in [0.29, 0.717) is 0 Å². The number of aliphatic hydroxyl groups is 1. The van der Waals surface area contributed by atoms with E-state index in [-0.39, 0.29) is 19.3 Å². The van der Waals surface area contributed by atoms with E-state index in [1.54, 1.807) is 0 Å². The molecule has 0 aliphatic heterocycles. The third-order valence-electron chi connectivity index (χ3n) is 3.15. The molecule has 21 heavy (non-hydrogen) atoms. The largest absolute Gasteiger partial charge is 0.490 e. The Morgan fingerprint density at radius 1 is 1.19 bits per heavy atom. The minimum atomic E-state index is -0.635. The number of nitrogens with zero attached hydrogens (tertiary/aromatic N) is 1. The van der Waals surface area contributed by atoms with Crippen LogP contribution in [0, 0.1) is 0 Å². The van der Waals surface area contributed by atoms with Gasteiger partial charge in [0.2, 0.25) is 0 Å². The molecule has 4 nitrogen and oxygen atoms in total. The minimum absolute atomic E-state index is 0.105. The molecule has 0 aliphatic carbocycles. The number of hydrogen-bond acceptors (Lipinski definition) is 4. The van der Waals surface area contributed by atoms with Crippen LogP contribution >= 0.6 is 0 Å². The molecule has 2 rings (SSSR count). The van der Waals surface area contributed by atoms with Gasteiger partial charge in [0.1, 0.15) is 18.5 Å². The van der Waals surface area contributed by atoms with Crippen molar-refractivity contribution in [2.24, 2.45) is 0 Å². The molecule has 0 fully saturated rings. The number of aryl methyl sites for hydroxylation is 1. The number of rotatable bonds is 7. The summed E-state index contributed by atoms with van der Waals surface area (Å²) in [5.74, 6) is 0.765. The lowest BCUT2D eigenvalue weighted by molar-refractivity contribution is -0.0120. The highest BCUT2D eigenvalue weighted by atomic mass is 16.5. The van der Waals surface area contributed by atoms with Gasteiger partial charge in [-0.15, -0.1) is 0 Å². The lowest BCUT2D eigenvalue weighted by Crippen LogP contribution is -2.25. The Balaban J connectivity index is 2.10. The standard InChI is InChI=1S/C17H23NO3/c1-4-13-9-17(15-7-5-6-8-16(15)18-13)21-11-14(19)10-20-12(2)3/h5-9,12,14,19H,4,10-11H2,1-3H3. The molecule has 0 spiro atoms. The van der Waals surface area contributed by atoms with Crippen molar-refractivity contribution < 1.29 is 14.6 Å². The van der Waals surface area contributed by atoms with Crippen molar-refractivity contribution in [1.29, 1.82) is 0 Å². The molecule has 0 bridgehead atoms. The Kier molecular flexibility index (Phi) is 5.53. The summed E-state index contributed by atoms with van der Waals surface area (Å²) in [6.07, 6.45) is 0.317. The first-order valence-corrected chi connectivity index (χ1v) is 7.41. The maximum Gasteiger partial charge on any atom is 0.130 e. The molecule has 2 aromatic rings. The summed E-state index contributed by atoms with van der Waals surface area (Å²) in [5.41, 5.74) is 1.90. The van der Waals surface area contributed by atoms with Crippen LogP contribution in [-0.4, -0.2) is 35.5 Å². The molecule has 1 unspecified atom stereocenters. The molecule has 1 heterocycles. The van der Waals surface area contributed by atoms with Crippen LogP contribution in [0.2, 0.25) is 0 Å². The molecule has 1 atom stereocenters. The number of fused-ring (bicyclic) bond motifs is 1. The first-order chi connectivity index (χ1) is 10.1. The third kappa shape index (κ3) is 4.41. The van der Waals surface area contributed by atoms with E-state index in [1.165, 1.54) is 0 Å². The van der Waals surface area contributed by atoms with Crippen LogP contribution in [0.3, 0.4) is 0 Å². The first-order valence-electron chi connectivity index (χ1n) is 7.41. The number of benzene rings is 1. The van der Waals surface area contributed by atoms with E-state index in [9.17, 15) is 5.11 Å². The van der Waals surface area contributed by atoms with Gasteiger partial charge in [-0.3, -0.25) is 4.98 Å². The Hall–Kier alpha value is -1.65. The second kappa shape index (κ2) is 7.38. The average molecular weight is 289 g/mol. The normalized spacial score (nSPS) is 12.8. The molecule has 4 heteroatoms. The highest BCUT2D eigenvalue weighted by Crippen LogP contribution is 2.25. The maximum absolute atomic E-state index is 9.89. The molecule has 1 aromatic carbocycles. The Morgan fingerprint density at radius 2 is 1.95 bits per heavy atom. The monoisotopic (exact) mass is 289 g/mol. The summed E-state index contributed by atoms with van der Waals surface area (Å²) in [6.45, 7) is 6.44. The second-order valence-electron chi connectivity index (χ2n) is 5.33. The van der Waals surface area contributed by atoms with Crippen LogP contribution in [-0.2, 0) is 11.2 Å². The molecule has 0 radical (unpaired) electrons. The Labute approximate surface area is 125 Å². The number of aromatic nitrogens is 1. The molecule has 0 amide bonds. The fourth-order valence-corrected chi connectivity index (χ4v) is 2.03. The van der Waals surface area contributed by atoms with Gasteiger partial charge < -0.3 is 14.6 Å². The fourth-order valence-electron chi connectivity index (χ4n) is 2.03. The molecular formula is C17H23NO3. The zero-order chi connectivity index (χ0) is 15.2. The molecular weight excluding hydrogens is 266 g/mol. The fraction of sp³-hybridized carbons (Fsp3) is 0.471. The van der Waals surface area contributed by atoms with Crippen LogP contribution in [0.15, 0.2) is 30.3 Å². The average Bonchev–Trinajstić information content (AvgIpc) is 2.50. The first kappa shape index (κ1) is 15.7. The van der Waals surface area contributed by atoms with Gasteiger partial charge in [0, 0.05) is 17.1 Å². The van der Waals surface area contributed by atoms with Gasteiger partial charge >= 0.3 is 0 Å². The molecule has 0 aliphatic rings. The molecule has 114 valence electrons. The van der Waals surface area contributed by atoms with Crippen LogP contribution in [0.5, 0.6) is 5.75 Å². The van der Waals surface area contributed by atoms with Crippen LogP contribution in [0.4, 0.5) is 0 Å². The van der Waals surface area contributed by atoms with Gasteiger partial charge in [-0.25, -0.2) is 0 Å². The third-order valence-corrected chi connectivity index (χ3v) is 3.15. The van der Waals surface area contributed by atoms with E-state index in [4.69, 9.17) is 9.47 Å². The summed E-state index contributed by atoms with van der Waals surface area (Å²) in [5, 5.41) is 10.9. The molecule has 1 N–H and O–H groups in total. The highest BCUT2D eigenvalue weighted by molar-refractivity contribution is 5.85. The van der Waals surface area contributed by atoms with Crippen molar-refractivity contribution in [2.45, 2.75) is 39.4 Å². The zero-order valence-corrected chi connectivity index (χ0v) is 12.9. The van der Waals surface area contributed by atoms with Crippen LogP contribution in [0.1, 0.15) is 26.5 Å². The summed E-state index contributed by atoms with van der Waals surface area (Å²) >= 11 is 0. The van der Waals surface area contributed by atoms with Gasteiger partial charge in [-0.1, -0.05) is 19.1 Å². The predicted octanol–water partition coefficient (Wildman–Crippen LogP) is 2.96. The number of ether oxygens (including phenoxy) is 2. The maximum atomic E-state index is 9.89. The molecule has 0 saturated carbocycles. The van der Waals surface area contributed by atoms with E-state index >= 15 is 0 Å². The number of para-hydroxylation sites is 1. The van der Waals surface area contributed by atoms with E-state index in [2.05, 4.69) is 11.9 Å². The number of pyridine rings is 1. The van der Waals surface area contributed by atoms with Crippen molar-refractivity contribution in [3.8, 4) is 5.75 Å². The zero-order valence-electron chi connectivity index (χ0n) is 12.9. The van der Waals surface area contributed by atoms with Gasteiger partial charge in [0.25, 0.3) is 0 Å². The summed E-state index contributed by atoms with van der Waals surface area (Å²) in [6, 6.07) is 9.82. The van der Waals surface area contributed by atoms with E-state index in [0.717, 1.165) is 28.8 Å². The Morgan fingerprint density at radius 3 is 2.67 bits per heavy atom. The smallest absolute Gasteiger partial charge is 0.130 e. The SMILES string of the molecule is CCc1cc(OCC(O)COC(C)C)c2ccccc2n1. The topological polar surface area (TPSA) is 51.6 Å². The minimum Gasteiger partial charge on any atom is -0.490 e. The molecule has 0 saturated heterocycles. The van der Waals surface area contributed by atoms with Crippen molar-refractivity contribution in [3.63, 3.8) is 0 Å². The summed E-state index contributed by atoms with van der Waals surface area (Å²) < 4.78 is 11.2. The van der Waals surface area contributed by atoms with Crippen molar-refractivity contribution in [3.05, 3.63) is 36.0 Å². The predicted molar refractivity (Wildman–Crippen MR) is 83.7 cm³/mol. The van der Waals surface area contributed by atoms with Crippen molar-refractivity contribution in [2.75, 3.05) is 13.2 Å². The van der Waals surface area contributed by atoms with Crippen LogP contribution < -0.4 is 4.74 Å². The van der Waals surface area contributed by atoms with E-state index < -0.39 is 6.10 Å². The summed E-state index contributed by atoms with van der Waals surface area (Å²) in [4.78, 5) is 4.57. The summed E-state index contributed by atoms with van der Waals surface area (Å²) in [7, 11) is 0. The molecule has 1 aromatic heterocycles.